The zero-order chi connectivity index (χ0) is 8.93. The van der Waals surface area contributed by atoms with Gasteiger partial charge in [0.25, 0.3) is 0 Å². The lowest BCUT2D eigenvalue weighted by Gasteiger charge is -2.14. The first-order valence-corrected chi connectivity index (χ1v) is 5.11. The second-order valence-electron chi connectivity index (χ2n) is 3.61. The Morgan fingerprint density at radius 1 is 1.23 bits per heavy atom. The molecule has 1 N–H and O–H groups in total. The van der Waals surface area contributed by atoms with Gasteiger partial charge in [0.2, 0.25) is 0 Å². The van der Waals surface area contributed by atoms with E-state index < -0.39 is 0 Å². The third kappa shape index (κ3) is 2.28. The molecule has 0 unspecified atom stereocenters. The van der Waals surface area contributed by atoms with Gasteiger partial charge in [0.15, 0.2) is 0 Å². The van der Waals surface area contributed by atoms with Crippen molar-refractivity contribution in [3.8, 4) is 0 Å². The van der Waals surface area contributed by atoms with E-state index in [1.54, 1.807) is 0 Å². The van der Waals surface area contributed by atoms with Crippen molar-refractivity contribution >= 4 is 0 Å². The highest BCUT2D eigenvalue weighted by Crippen LogP contribution is 2.20. The summed E-state index contributed by atoms with van der Waals surface area (Å²) in [4.78, 5) is 4.38. The molecule has 2 heteroatoms. The van der Waals surface area contributed by atoms with Crippen molar-refractivity contribution in [1.29, 1.82) is 0 Å². The minimum atomic E-state index is 0.490. The first-order chi connectivity index (χ1) is 6.47. The maximum absolute atomic E-state index is 4.38. The number of aromatic nitrogens is 1. The average molecular weight is 176 g/mol. The predicted octanol–water partition coefficient (Wildman–Crippen LogP) is 2.29. The van der Waals surface area contributed by atoms with Gasteiger partial charge >= 0.3 is 0 Å². The molecule has 13 heavy (non-hydrogen) atoms. The smallest absolute Gasteiger partial charge is 0.0573 e. The van der Waals surface area contributed by atoms with Crippen molar-refractivity contribution in [2.24, 2.45) is 0 Å². The Hall–Kier alpha value is -0.890. The molecule has 0 amide bonds. The Morgan fingerprint density at radius 2 is 2.23 bits per heavy atom. The fourth-order valence-corrected chi connectivity index (χ4v) is 1.86. The lowest BCUT2D eigenvalue weighted by atomic mass is 10.1. The van der Waals surface area contributed by atoms with E-state index in [0.29, 0.717) is 6.04 Å². The molecule has 0 aromatic carbocycles. The van der Waals surface area contributed by atoms with Crippen molar-refractivity contribution in [1.82, 2.24) is 10.3 Å². The fourth-order valence-electron chi connectivity index (χ4n) is 1.86. The van der Waals surface area contributed by atoms with Crippen LogP contribution in [-0.2, 0) is 0 Å². The van der Waals surface area contributed by atoms with Gasteiger partial charge in [-0.3, -0.25) is 4.98 Å². The highest BCUT2D eigenvalue weighted by molar-refractivity contribution is 5.08. The van der Waals surface area contributed by atoms with Gasteiger partial charge in [0.1, 0.15) is 0 Å². The second kappa shape index (κ2) is 4.38. The first-order valence-electron chi connectivity index (χ1n) is 5.11. The molecule has 0 spiro atoms. The van der Waals surface area contributed by atoms with Gasteiger partial charge in [-0.1, -0.05) is 18.9 Å². The van der Waals surface area contributed by atoms with Gasteiger partial charge in [0.05, 0.1) is 5.69 Å². The second-order valence-corrected chi connectivity index (χ2v) is 3.61. The van der Waals surface area contributed by atoms with Crippen molar-refractivity contribution in [2.75, 3.05) is 6.54 Å². The van der Waals surface area contributed by atoms with Crippen LogP contribution in [0.3, 0.4) is 0 Å². The van der Waals surface area contributed by atoms with Gasteiger partial charge in [-0.15, -0.1) is 0 Å². The zero-order valence-electron chi connectivity index (χ0n) is 7.87. The third-order valence-electron chi connectivity index (χ3n) is 2.61. The van der Waals surface area contributed by atoms with Crippen LogP contribution in [0.15, 0.2) is 24.4 Å². The Morgan fingerprint density at radius 3 is 3.08 bits per heavy atom. The summed E-state index contributed by atoms with van der Waals surface area (Å²) in [6.45, 7) is 1.14. The summed E-state index contributed by atoms with van der Waals surface area (Å²) in [7, 11) is 0. The van der Waals surface area contributed by atoms with E-state index >= 15 is 0 Å². The van der Waals surface area contributed by atoms with Gasteiger partial charge in [-0.25, -0.2) is 0 Å². The van der Waals surface area contributed by atoms with Gasteiger partial charge < -0.3 is 5.32 Å². The van der Waals surface area contributed by atoms with Crippen LogP contribution in [0, 0.1) is 0 Å². The molecule has 1 fully saturated rings. The molecule has 1 aliphatic rings. The molecule has 1 atom stereocenters. The molecule has 2 heterocycles. The molecule has 2 rings (SSSR count). The van der Waals surface area contributed by atoms with E-state index in [9.17, 15) is 0 Å². The van der Waals surface area contributed by atoms with Crippen LogP contribution in [0.1, 0.15) is 37.4 Å². The summed E-state index contributed by atoms with van der Waals surface area (Å²) in [6, 6.07) is 6.64. The molecular formula is C11H16N2. The third-order valence-corrected chi connectivity index (χ3v) is 2.61. The normalized spacial score (nSPS) is 23.8. The molecule has 1 aromatic rings. The minimum Gasteiger partial charge on any atom is -0.309 e. The molecular weight excluding hydrogens is 160 g/mol. The van der Waals surface area contributed by atoms with Crippen LogP contribution in [0.5, 0.6) is 0 Å². The van der Waals surface area contributed by atoms with Crippen LogP contribution in [0.25, 0.3) is 0 Å². The van der Waals surface area contributed by atoms with Crippen molar-refractivity contribution in [2.45, 2.75) is 31.7 Å². The van der Waals surface area contributed by atoms with E-state index in [2.05, 4.69) is 22.4 Å². The summed E-state index contributed by atoms with van der Waals surface area (Å²) in [5, 5.41) is 3.54. The van der Waals surface area contributed by atoms with E-state index in [-0.39, 0.29) is 0 Å². The summed E-state index contributed by atoms with van der Waals surface area (Å²) >= 11 is 0. The topological polar surface area (TPSA) is 24.9 Å². The Labute approximate surface area is 79.4 Å². The number of rotatable bonds is 1. The quantitative estimate of drug-likeness (QED) is 0.710. The summed E-state index contributed by atoms with van der Waals surface area (Å²) in [5.41, 5.74) is 1.20. The highest BCUT2D eigenvalue weighted by Gasteiger charge is 2.13. The van der Waals surface area contributed by atoms with Crippen molar-refractivity contribution < 1.29 is 0 Å². The predicted molar refractivity (Wildman–Crippen MR) is 53.4 cm³/mol. The number of nitrogens with one attached hydrogen (secondary N) is 1. The molecule has 1 aliphatic heterocycles. The standard InChI is InChI=1S/C11H16N2/c1-2-6-10(12-8-4-1)11-7-3-5-9-13-11/h3,5,7,9-10,12H,1-2,4,6,8H2/t10-/m1/s1. The average Bonchev–Trinajstić information content (AvgIpc) is 2.47. The van der Waals surface area contributed by atoms with Crippen LogP contribution in [0.4, 0.5) is 0 Å². The number of hydrogen-bond acceptors (Lipinski definition) is 2. The van der Waals surface area contributed by atoms with Crippen LogP contribution in [-0.4, -0.2) is 11.5 Å². The first kappa shape index (κ1) is 8.70. The Kier molecular flexibility index (Phi) is 2.93. The number of nitrogens with zero attached hydrogens (tertiary/aromatic N) is 1. The molecule has 70 valence electrons. The van der Waals surface area contributed by atoms with E-state index in [4.69, 9.17) is 0 Å². The van der Waals surface area contributed by atoms with E-state index in [1.165, 1.54) is 31.4 Å². The van der Waals surface area contributed by atoms with E-state index in [1.807, 2.05) is 12.3 Å². The minimum absolute atomic E-state index is 0.490. The summed E-state index contributed by atoms with van der Waals surface area (Å²) in [5.74, 6) is 0. The van der Waals surface area contributed by atoms with Crippen molar-refractivity contribution in [3.05, 3.63) is 30.1 Å². The van der Waals surface area contributed by atoms with Crippen LogP contribution >= 0.6 is 0 Å². The SMILES string of the molecule is c1ccc([C@H]2CCCCCN2)nc1. The van der Waals surface area contributed by atoms with Crippen LogP contribution < -0.4 is 5.32 Å². The molecule has 0 bridgehead atoms. The molecule has 0 radical (unpaired) electrons. The molecule has 0 aliphatic carbocycles. The lowest BCUT2D eigenvalue weighted by molar-refractivity contribution is 0.522. The summed E-state index contributed by atoms with van der Waals surface area (Å²) < 4.78 is 0. The highest BCUT2D eigenvalue weighted by atomic mass is 14.9. The number of hydrogen-bond donors (Lipinski definition) is 1. The maximum Gasteiger partial charge on any atom is 0.0573 e. The lowest BCUT2D eigenvalue weighted by Crippen LogP contribution is -2.20. The summed E-state index contributed by atoms with van der Waals surface area (Å²) in [6.07, 6.45) is 7.10. The van der Waals surface area contributed by atoms with Gasteiger partial charge in [0, 0.05) is 12.2 Å². The Bertz CT molecular complexity index is 238. The largest absolute Gasteiger partial charge is 0.309 e. The Balaban J connectivity index is 2.06. The molecule has 0 saturated carbocycles. The van der Waals surface area contributed by atoms with Gasteiger partial charge in [-0.2, -0.15) is 0 Å². The fraction of sp³-hybridized carbons (Fsp3) is 0.545. The molecule has 1 saturated heterocycles. The van der Waals surface area contributed by atoms with E-state index in [0.717, 1.165) is 6.54 Å². The maximum atomic E-state index is 4.38. The zero-order valence-corrected chi connectivity index (χ0v) is 7.87. The molecule has 1 aromatic heterocycles. The number of pyridine rings is 1. The van der Waals surface area contributed by atoms with Gasteiger partial charge in [-0.05, 0) is 31.5 Å². The monoisotopic (exact) mass is 176 g/mol. The van der Waals surface area contributed by atoms with Crippen LogP contribution in [0.2, 0.25) is 0 Å². The van der Waals surface area contributed by atoms with Crippen molar-refractivity contribution in [3.63, 3.8) is 0 Å². The molecule has 2 nitrogen and oxygen atoms in total.